The lowest BCUT2D eigenvalue weighted by molar-refractivity contribution is 0.255. The molecule has 3 heteroatoms. The summed E-state index contributed by atoms with van der Waals surface area (Å²) in [4.78, 5) is 2.38. The predicted molar refractivity (Wildman–Crippen MR) is 71.8 cm³/mol. The van der Waals surface area contributed by atoms with E-state index in [2.05, 4.69) is 16.7 Å². The molecule has 0 unspecified atom stereocenters. The van der Waals surface area contributed by atoms with Crippen molar-refractivity contribution in [2.75, 3.05) is 26.7 Å². The van der Waals surface area contributed by atoms with E-state index in [1.165, 1.54) is 19.3 Å². The fourth-order valence-electron chi connectivity index (χ4n) is 2.13. The van der Waals surface area contributed by atoms with Crippen molar-refractivity contribution in [3.05, 3.63) is 23.8 Å². The van der Waals surface area contributed by atoms with Gasteiger partial charge in [0.15, 0.2) is 11.5 Å². The number of rotatable bonds is 2. The van der Waals surface area contributed by atoms with E-state index >= 15 is 0 Å². The van der Waals surface area contributed by atoms with Gasteiger partial charge in [-0.2, -0.15) is 0 Å². The van der Waals surface area contributed by atoms with E-state index in [0.717, 1.165) is 25.2 Å². The summed E-state index contributed by atoms with van der Waals surface area (Å²) in [6, 6.07) is 5.18. The molecule has 0 aliphatic carbocycles. The number of phenolic OH excluding ortho intramolecular Hbond substituents is 1. The molecule has 1 aliphatic rings. The molecule has 0 radical (unpaired) electrons. The van der Waals surface area contributed by atoms with Crippen LogP contribution in [0.5, 0.6) is 11.5 Å². The van der Waals surface area contributed by atoms with E-state index in [0.29, 0.717) is 5.75 Å². The fourth-order valence-corrected chi connectivity index (χ4v) is 2.13. The summed E-state index contributed by atoms with van der Waals surface area (Å²) in [7, 11) is 1.54. The van der Waals surface area contributed by atoms with Crippen LogP contribution in [0.4, 0.5) is 0 Å². The molecule has 1 aromatic rings. The lowest BCUT2D eigenvalue weighted by Crippen LogP contribution is -2.29. The summed E-state index contributed by atoms with van der Waals surface area (Å²) in [5, 5.41) is 9.48. The molecule has 1 saturated heterocycles. The normalized spacial score (nSPS) is 15.8. The number of likely N-dealkylation sites (tertiary alicyclic amines) is 1. The predicted octanol–water partition coefficient (Wildman–Crippen LogP) is 2.24. The highest BCUT2D eigenvalue weighted by Crippen LogP contribution is 2.25. The van der Waals surface area contributed by atoms with Crippen LogP contribution in [0.15, 0.2) is 18.2 Å². The molecule has 0 atom stereocenters. The zero-order valence-electron chi connectivity index (χ0n) is 10.8. The Labute approximate surface area is 108 Å². The zero-order valence-corrected chi connectivity index (χ0v) is 10.8. The zero-order chi connectivity index (χ0) is 12.8. The van der Waals surface area contributed by atoms with Crippen LogP contribution in [-0.4, -0.2) is 36.8 Å². The second-order valence-corrected chi connectivity index (χ2v) is 4.53. The molecule has 18 heavy (non-hydrogen) atoms. The SMILES string of the molecule is COc1cc(C#CCN2CCCCC2)ccc1O. The van der Waals surface area contributed by atoms with Gasteiger partial charge in [-0.15, -0.1) is 0 Å². The summed E-state index contributed by atoms with van der Waals surface area (Å²) in [6.45, 7) is 3.14. The molecule has 1 fully saturated rings. The van der Waals surface area contributed by atoms with E-state index in [9.17, 15) is 5.11 Å². The van der Waals surface area contributed by atoms with Gasteiger partial charge in [0.2, 0.25) is 0 Å². The molecule has 2 rings (SSSR count). The van der Waals surface area contributed by atoms with Gasteiger partial charge in [0.1, 0.15) is 0 Å². The maximum Gasteiger partial charge on any atom is 0.161 e. The molecule has 96 valence electrons. The minimum atomic E-state index is 0.152. The Balaban J connectivity index is 1.96. The maximum atomic E-state index is 9.48. The standard InChI is InChI=1S/C15H19NO2/c1-18-15-12-13(7-8-14(15)17)6-5-11-16-9-3-2-4-10-16/h7-8,12,17H,2-4,9-11H2,1H3. The van der Waals surface area contributed by atoms with Crippen LogP contribution in [-0.2, 0) is 0 Å². The van der Waals surface area contributed by atoms with Gasteiger partial charge in [-0.1, -0.05) is 18.3 Å². The van der Waals surface area contributed by atoms with Crippen LogP contribution in [0.3, 0.4) is 0 Å². The van der Waals surface area contributed by atoms with Crippen molar-refractivity contribution in [3.63, 3.8) is 0 Å². The Morgan fingerprint density at radius 2 is 2.06 bits per heavy atom. The van der Waals surface area contributed by atoms with Crippen molar-refractivity contribution in [3.8, 4) is 23.3 Å². The van der Waals surface area contributed by atoms with Gasteiger partial charge in [-0.05, 0) is 44.1 Å². The first-order chi connectivity index (χ1) is 8.79. The molecule has 0 spiro atoms. The number of hydrogen-bond acceptors (Lipinski definition) is 3. The number of ether oxygens (including phenoxy) is 1. The van der Waals surface area contributed by atoms with Crippen molar-refractivity contribution in [2.45, 2.75) is 19.3 Å². The van der Waals surface area contributed by atoms with E-state index in [4.69, 9.17) is 4.74 Å². The van der Waals surface area contributed by atoms with Crippen molar-refractivity contribution < 1.29 is 9.84 Å². The number of hydrogen-bond donors (Lipinski definition) is 1. The first-order valence-electron chi connectivity index (χ1n) is 6.38. The van der Waals surface area contributed by atoms with E-state index in [1.54, 1.807) is 25.3 Å². The first-order valence-corrected chi connectivity index (χ1v) is 6.38. The number of aromatic hydroxyl groups is 1. The molecular formula is C15H19NO2. The van der Waals surface area contributed by atoms with E-state index in [-0.39, 0.29) is 5.75 Å². The second-order valence-electron chi connectivity index (χ2n) is 4.53. The average molecular weight is 245 g/mol. The largest absolute Gasteiger partial charge is 0.504 e. The molecule has 0 saturated carbocycles. The average Bonchev–Trinajstić information content (AvgIpc) is 2.42. The minimum absolute atomic E-state index is 0.152. The van der Waals surface area contributed by atoms with Crippen molar-refractivity contribution in [1.29, 1.82) is 0 Å². The monoisotopic (exact) mass is 245 g/mol. The third kappa shape index (κ3) is 3.41. The fraction of sp³-hybridized carbons (Fsp3) is 0.467. The highest BCUT2D eigenvalue weighted by atomic mass is 16.5. The quantitative estimate of drug-likeness (QED) is 0.811. The van der Waals surface area contributed by atoms with Gasteiger partial charge in [0.25, 0.3) is 0 Å². The summed E-state index contributed by atoms with van der Waals surface area (Å²) in [5.41, 5.74) is 0.877. The van der Waals surface area contributed by atoms with Gasteiger partial charge in [-0.3, -0.25) is 4.90 Å². The number of phenols is 1. The van der Waals surface area contributed by atoms with Gasteiger partial charge < -0.3 is 9.84 Å². The van der Waals surface area contributed by atoms with E-state index in [1.807, 2.05) is 0 Å². The Hall–Kier alpha value is -1.66. The Bertz CT molecular complexity index is 453. The van der Waals surface area contributed by atoms with Crippen LogP contribution in [0.2, 0.25) is 0 Å². The van der Waals surface area contributed by atoms with Crippen molar-refractivity contribution in [2.24, 2.45) is 0 Å². The lowest BCUT2D eigenvalue weighted by Gasteiger charge is -2.23. The molecule has 0 bridgehead atoms. The van der Waals surface area contributed by atoms with Gasteiger partial charge in [0.05, 0.1) is 13.7 Å². The lowest BCUT2D eigenvalue weighted by atomic mass is 10.1. The summed E-state index contributed by atoms with van der Waals surface area (Å²) >= 11 is 0. The third-order valence-electron chi connectivity index (χ3n) is 3.16. The number of nitrogens with zero attached hydrogens (tertiary/aromatic N) is 1. The number of benzene rings is 1. The molecule has 3 nitrogen and oxygen atoms in total. The Morgan fingerprint density at radius 1 is 1.28 bits per heavy atom. The van der Waals surface area contributed by atoms with Crippen LogP contribution < -0.4 is 4.74 Å². The van der Waals surface area contributed by atoms with Crippen LogP contribution >= 0.6 is 0 Å². The van der Waals surface area contributed by atoms with E-state index < -0.39 is 0 Å². The highest BCUT2D eigenvalue weighted by molar-refractivity contribution is 5.47. The van der Waals surface area contributed by atoms with Crippen LogP contribution in [0.1, 0.15) is 24.8 Å². The molecule has 1 aliphatic heterocycles. The minimum Gasteiger partial charge on any atom is -0.504 e. The Morgan fingerprint density at radius 3 is 2.78 bits per heavy atom. The molecule has 0 amide bonds. The Kier molecular flexibility index (Phi) is 4.49. The summed E-state index contributed by atoms with van der Waals surface area (Å²) in [6.07, 6.45) is 3.92. The number of methoxy groups -OCH3 is 1. The second kappa shape index (κ2) is 6.32. The van der Waals surface area contributed by atoms with Gasteiger partial charge in [-0.25, -0.2) is 0 Å². The molecule has 0 aromatic heterocycles. The molecular weight excluding hydrogens is 226 g/mol. The van der Waals surface area contributed by atoms with Gasteiger partial charge in [0, 0.05) is 5.56 Å². The van der Waals surface area contributed by atoms with Crippen molar-refractivity contribution >= 4 is 0 Å². The molecule has 1 N–H and O–H groups in total. The maximum absolute atomic E-state index is 9.48. The molecule has 1 aromatic carbocycles. The third-order valence-corrected chi connectivity index (χ3v) is 3.16. The topological polar surface area (TPSA) is 32.7 Å². The van der Waals surface area contributed by atoms with Crippen LogP contribution in [0.25, 0.3) is 0 Å². The summed E-state index contributed by atoms with van der Waals surface area (Å²) in [5.74, 6) is 6.92. The number of piperidine rings is 1. The summed E-state index contributed by atoms with van der Waals surface area (Å²) < 4.78 is 5.05. The highest BCUT2D eigenvalue weighted by Gasteiger charge is 2.07. The van der Waals surface area contributed by atoms with Crippen molar-refractivity contribution in [1.82, 2.24) is 4.90 Å². The first kappa shape index (κ1) is 12.8. The van der Waals surface area contributed by atoms with Crippen LogP contribution in [0, 0.1) is 11.8 Å². The molecule has 1 heterocycles. The smallest absolute Gasteiger partial charge is 0.161 e. The van der Waals surface area contributed by atoms with Gasteiger partial charge >= 0.3 is 0 Å².